The highest BCUT2D eigenvalue weighted by atomic mass is 32.1. The second kappa shape index (κ2) is 7.39. The molecule has 34 heavy (non-hydrogen) atoms. The Morgan fingerprint density at radius 3 is 1.79 bits per heavy atom. The summed E-state index contributed by atoms with van der Waals surface area (Å²) >= 11 is 7.07. The summed E-state index contributed by atoms with van der Waals surface area (Å²) in [7, 11) is 0. The second-order valence-corrected chi connectivity index (χ2v) is 12.4. The highest BCUT2D eigenvalue weighted by Gasteiger charge is 2.30. The van der Waals surface area contributed by atoms with E-state index in [0.717, 1.165) is 32.0 Å². The molecule has 0 unspecified atom stereocenters. The van der Waals surface area contributed by atoms with Crippen molar-refractivity contribution in [3.63, 3.8) is 0 Å². The van der Waals surface area contributed by atoms with E-state index in [1.807, 2.05) is 22.7 Å². The maximum absolute atomic E-state index is 12.9. The predicted molar refractivity (Wildman–Crippen MR) is 144 cm³/mol. The van der Waals surface area contributed by atoms with Gasteiger partial charge in [-0.2, -0.15) is 13.2 Å². The molecule has 4 aromatic heterocycles. The summed E-state index contributed by atoms with van der Waals surface area (Å²) in [4.78, 5) is 2.20. The van der Waals surface area contributed by atoms with Crippen LogP contribution < -0.4 is 0 Å². The standard InChI is InChI=1S/C27H13F3S4/c28-27(29,30)16-8-5-14(6-9-16)20-12-23-24(31-20)13-21(32-23)15-7-10-18-22(11-15)34-25-17-3-1-2-4-19(17)33-26(18)25/h1-13H. The van der Waals surface area contributed by atoms with Crippen LogP contribution in [0.1, 0.15) is 5.56 Å². The molecule has 7 aromatic rings. The molecule has 0 amide bonds. The summed E-state index contributed by atoms with van der Waals surface area (Å²) in [5.41, 5.74) is 1.40. The van der Waals surface area contributed by atoms with Gasteiger partial charge in [0.25, 0.3) is 0 Å². The van der Waals surface area contributed by atoms with Gasteiger partial charge < -0.3 is 0 Å². The molecule has 0 N–H and O–H groups in total. The van der Waals surface area contributed by atoms with Crippen molar-refractivity contribution < 1.29 is 13.2 Å². The van der Waals surface area contributed by atoms with Crippen LogP contribution in [0.3, 0.4) is 0 Å². The molecule has 4 heterocycles. The van der Waals surface area contributed by atoms with Gasteiger partial charge in [-0.05, 0) is 47.5 Å². The van der Waals surface area contributed by atoms with Gasteiger partial charge in [0.15, 0.2) is 0 Å². The number of benzene rings is 3. The molecule has 0 aliphatic carbocycles. The molecule has 3 aromatic carbocycles. The van der Waals surface area contributed by atoms with E-state index in [4.69, 9.17) is 0 Å². The van der Waals surface area contributed by atoms with E-state index in [0.29, 0.717) is 0 Å². The zero-order valence-corrected chi connectivity index (χ0v) is 20.5. The summed E-state index contributed by atoms with van der Waals surface area (Å²) in [6, 6.07) is 25.0. The normalized spacial score (nSPS) is 12.6. The number of alkyl halides is 3. The predicted octanol–water partition coefficient (Wildman–Crippen LogP) is 10.9. The maximum atomic E-state index is 12.9. The van der Waals surface area contributed by atoms with Crippen molar-refractivity contribution in [1.82, 2.24) is 0 Å². The van der Waals surface area contributed by atoms with Gasteiger partial charge in [0.05, 0.1) is 15.0 Å². The molecule has 0 spiro atoms. The van der Waals surface area contributed by atoms with Crippen molar-refractivity contribution >= 4 is 84.3 Å². The van der Waals surface area contributed by atoms with Crippen LogP contribution in [0, 0.1) is 0 Å². The van der Waals surface area contributed by atoms with Gasteiger partial charge in [-0.15, -0.1) is 45.3 Å². The molecule has 0 fully saturated rings. The maximum Gasteiger partial charge on any atom is 0.416 e. The third kappa shape index (κ3) is 3.22. The molecule has 0 aliphatic heterocycles. The van der Waals surface area contributed by atoms with Crippen molar-refractivity contribution in [2.24, 2.45) is 0 Å². The Bertz CT molecular complexity index is 1810. The van der Waals surface area contributed by atoms with Crippen LogP contribution in [0.25, 0.3) is 59.9 Å². The topological polar surface area (TPSA) is 0 Å². The molecule has 7 heteroatoms. The van der Waals surface area contributed by atoms with Crippen LogP contribution in [0.5, 0.6) is 0 Å². The van der Waals surface area contributed by atoms with Crippen LogP contribution >= 0.6 is 45.3 Å². The smallest absolute Gasteiger partial charge is 0.166 e. The molecule has 0 saturated carbocycles. The van der Waals surface area contributed by atoms with E-state index >= 15 is 0 Å². The lowest BCUT2D eigenvalue weighted by molar-refractivity contribution is -0.137. The second-order valence-electron chi connectivity index (χ2n) is 8.09. The van der Waals surface area contributed by atoms with Crippen molar-refractivity contribution in [3.8, 4) is 20.9 Å². The van der Waals surface area contributed by atoms with E-state index in [-0.39, 0.29) is 0 Å². The minimum Gasteiger partial charge on any atom is -0.166 e. The van der Waals surface area contributed by atoms with Crippen LogP contribution in [0.15, 0.2) is 78.9 Å². The van der Waals surface area contributed by atoms with Gasteiger partial charge in [-0.1, -0.05) is 42.5 Å². The fourth-order valence-electron chi connectivity index (χ4n) is 4.30. The quantitative estimate of drug-likeness (QED) is 0.212. The van der Waals surface area contributed by atoms with Crippen molar-refractivity contribution in [2.75, 3.05) is 0 Å². The molecule has 166 valence electrons. The zero-order chi connectivity index (χ0) is 23.0. The van der Waals surface area contributed by atoms with E-state index < -0.39 is 11.7 Å². The molecule has 0 radical (unpaired) electrons. The first kappa shape index (κ1) is 20.6. The third-order valence-corrected chi connectivity index (χ3v) is 10.9. The lowest BCUT2D eigenvalue weighted by Crippen LogP contribution is -2.03. The first-order valence-corrected chi connectivity index (χ1v) is 13.8. The summed E-state index contributed by atoms with van der Waals surface area (Å²) in [5.74, 6) is 0. The van der Waals surface area contributed by atoms with E-state index in [1.165, 1.54) is 40.0 Å². The Kier molecular flexibility index (Phi) is 4.49. The van der Waals surface area contributed by atoms with E-state index in [1.54, 1.807) is 34.8 Å². The monoisotopic (exact) mass is 522 g/mol. The van der Waals surface area contributed by atoms with Gasteiger partial charge in [0.1, 0.15) is 0 Å². The van der Waals surface area contributed by atoms with Gasteiger partial charge in [0.2, 0.25) is 0 Å². The van der Waals surface area contributed by atoms with Gasteiger partial charge in [-0.25, -0.2) is 0 Å². The summed E-state index contributed by atoms with van der Waals surface area (Å²) < 4.78 is 46.3. The van der Waals surface area contributed by atoms with Crippen molar-refractivity contribution in [1.29, 1.82) is 0 Å². The minimum atomic E-state index is -4.31. The molecule has 0 aliphatic rings. The largest absolute Gasteiger partial charge is 0.416 e. The summed E-state index contributed by atoms with van der Waals surface area (Å²) in [6.45, 7) is 0. The molecule has 0 bridgehead atoms. The Morgan fingerprint density at radius 1 is 0.500 bits per heavy atom. The van der Waals surface area contributed by atoms with E-state index in [9.17, 15) is 13.2 Å². The summed E-state index contributed by atoms with van der Waals surface area (Å²) in [5, 5.41) is 2.64. The highest BCUT2D eigenvalue weighted by molar-refractivity contribution is 7.36. The fraction of sp³-hybridized carbons (Fsp3) is 0.0370. The minimum absolute atomic E-state index is 0.617. The Balaban J connectivity index is 1.25. The average molecular weight is 523 g/mol. The highest BCUT2D eigenvalue weighted by Crippen LogP contribution is 2.47. The molecule has 0 saturated heterocycles. The Hall–Kier alpha value is -2.71. The van der Waals surface area contributed by atoms with Crippen LogP contribution in [0.2, 0.25) is 0 Å². The Labute approximate surface area is 208 Å². The van der Waals surface area contributed by atoms with Crippen LogP contribution in [0.4, 0.5) is 13.2 Å². The van der Waals surface area contributed by atoms with Gasteiger partial charge >= 0.3 is 6.18 Å². The Morgan fingerprint density at radius 2 is 1.09 bits per heavy atom. The number of hydrogen-bond donors (Lipinski definition) is 0. The summed E-state index contributed by atoms with van der Waals surface area (Å²) in [6.07, 6.45) is -4.31. The first-order valence-electron chi connectivity index (χ1n) is 10.5. The number of fused-ring (bicyclic) bond motifs is 6. The molecule has 7 rings (SSSR count). The first-order chi connectivity index (χ1) is 16.4. The number of hydrogen-bond acceptors (Lipinski definition) is 4. The molecule has 0 nitrogen and oxygen atoms in total. The average Bonchev–Trinajstić information content (AvgIpc) is 3.56. The fourth-order valence-corrected chi connectivity index (χ4v) is 9.39. The van der Waals surface area contributed by atoms with Crippen LogP contribution in [-0.2, 0) is 6.18 Å². The number of thiophene rings is 4. The van der Waals surface area contributed by atoms with Crippen molar-refractivity contribution in [2.45, 2.75) is 6.18 Å². The third-order valence-electron chi connectivity index (χ3n) is 5.98. The SMILES string of the molecule is FC(F)(F)c1ccc(-c2cc3sc(-c4ccc5c(c4)sc4c6ccccc6sc54)cc3s2)cc1. The van der Waals surface area contributed by atoms with Gasteiger partial charge in [-0.3, -0.25) is 0 Å². The molecule has 0 atom stereocenters. The molecular weight excluding hydrogens is 510 g/mol. The van der Waals surface area contributed by atoms with Crippen molar-refractivity contribution in [3.05, 3.63) is 84.4 Å². The van der Waals surface area contributed by atoms with E-state index in [2.05, 4.69) is 54.6 Å². The lowest BCUT2D eigenvalue weighted by Gasteiger charge is -2.06. The lowest BCUT2D eigenvalue weighted by atomic mass is 10.1. The van der Waals surface area contributed by atoms with Crippen LogP contribution in [-0.4, -0.2) is 0 Å². The zero-order valence-electron chi connectivity index (χ0n) is 17.3. The number of halogens is 3. The number of rotatable bonds is 2. The molecular formula is C27H13F3S4. The van der Waals surface area contributed by atoms with Gasteiger partial charge in [0, 0.05) is 39.3 Å².